The lowest BCUT2D eigenvalue weighted by atomic mass is 9.43. The molecule has 7 nitrogen and oxygen atoms in total. The van der Waals surface area contributed by atoms with E-state index in [0.717, 1.165) is 58.1 Å². The minimum Gasteiger partial charge on any atom is -0.395 e. The fourth-order valence-corrected chi connectivity index (χ4v) is 8.33. The summed E-state index contributed by atoms with van der Waals surface area (Å²) in [7, 11) is 3.99. The Bertz CT molecular complexity index is 735. The van der Waals surface area contributed by atoms with Crippen LogP contribution in [0.25, 0.3) is 0 Å². The first-order chi connectivity index (χ1) is 16.1. The van der Waals surface area contributed by atoms with Crippen LogP contribution in [0.15, 0.2) is 5.16 Å². The number of fused-ring (bicyclic) bond motifs is 5. The summed E-state index contributed by atoms with van der Waals surface area (Å²) in [6.07, 6.45) is 11.6. The molecule has 0 heterocycles. The minimum atomic E-state index is -1.13. The molecule has 196 valence electrons. The zero-order chi connectivity index (χ0) is 24.6. The van der Waals surface area contributed by atoms with E-state index in [1.807, 2.05) is 19.0 Å². The molecule has 4 saturated carbocycles. The quantitative estimate of drug-likeness (QED) is 0.267. The maximum absolute atomic E-state index is 12.3. The molecule has 0 unspecified atom stereocenters. The summed E-state index contributed by atoms with van der Waals surface area (Å²) in [5, 5.41) is 28.1. The van der Waals surface area contributed by atoms with Gasteiger partial charge in [0.15, 0.2) is 0 Å². The van der Waals surface area contributed by atoms with Crippen molar-refractivity contribution < 1.29 is 19.8 Å². The largest absolute Gasteiger partial charge is 0.395 e. The lowest BCUT2D eigenvalue weighted by Gasteiger charge is -2.64. The van der Waals surface area contributed by atoms with E-state index in [0.29, 0.717) is 43.9 Å². The maximum Gasteiger partial charge on any atom is 0.129 e. The molecule has 0 radical (unpaired) electrons. The lowest BCUT2D eigenvalue weighted by Crippen LogP contribution is -2.65. The maximum atomic E-state index is 12.3. The Balaban J connectivity index is 1.46. The number of hydrogen-bond donors (Lipinski definition) is 3. The third-order valence-corrected chi connectivity index (χ3v) is 10.7. The fraction of sp³-hybridized carbons (Fsp3) is 0.963. The van der Waals surface area contributed by atoms with Gasteiger partial charge in [0.05, 0.1) is 17.9 Å². The van der Waals surface area contributed by atoms with Crippen LogP contribution in [-0.2, 0) is 9.57 Å². The highest BCUT2D eigenvalue weighted by molar-refractivity contribution is 5.71. The molecule has 0 saturated heterocycles. The summed E-state index contributed by atoms with van der Waals surface area (Å²) < 4.78 is 6.16. The Hall–Kier alpha value is -0.730. The van der Waals surface area contributed by atoms with Crippen molar-refractivity contribution in [2.24, 2.45) is 39.5 Å². The molecule has 0 aromatic heterocycles. The summed E-state index contributed by atoms with van der Waals surface area (Å²) in [6.45, 7) is 7.31. The van der Waals surface area contributed by atoms with E-state index in [1.54, 1.807) is 6.21 Å². The van der Waals surface area contributed by atoms with Gasteiger partial charge in [0.1, 0.15) is 12.2 Å². The summed E-state index contributed by atoms with van der Waals surface area (Å²) in [4.78, 5) is 7.47. The van der Waals surface area contributed by atoms with E-state index in [-0.39, 0.29) is 11.3 Å². The summed E-state index contributed by atoms with van der Waals surface area (Å²) in [5.74, 6) is 1.40. The van der Waals surface area contributed by atoms with Gasteiger partial charge in [-0.05, 0) is 108 Å². The van der Waals surface area contributed by atoms with Crippen LogP contribution in [0.3, 0.4) is 0 Å². The highest BCUT2D eigenvalue weighted by Crippen LogP contribution is 2.69. The monoisotopic (exact) mass is 479 g/mol. The summed E-state index contributed by atoms with van der Waals surface area (Å²) in [6, 6.07) is 0. The van der Waals surface area contributed by atoms with Crippen LogP contribution in [0.5, 0.6) is 0 Å². The SMILES string of the molecule is CN(C)CCO/N=C/[C@@]1(O)CC[C@]2(O)[C@@H]3CC[C@@H]4C[C@@H](OCCCN)CC[C@]4(C)[C@H]3CC[C@]12C. The molecule has 4 aliphatic rings. The third kappa shape index (κ3) is 4.34. The molecular weight excluding hydrogens is 430 g/mol. The van der Waals surface area contributed by atoms with E-state index in [9.17, 15) is 10.2 Å². The molecule has 0 aliphatic heterocycles. The number of hydrogen-bond acceptors (Lipinski definition) is 7. The molecule has 0 amide bonds. The molecule has 0 bridgehead atoms. The number of likely N-dealkylation sites (N-methyl/N-ethyl adjacent to an activating group) is 1. The van der Waals surface area contributed by atoms with Gasteiger partial charge in [-0.15, -0.1) is 0 Å². The number of nitrogens with zero attached hydrogens (tertiary/aromatic N) is 2. The molecule has 34 heavy (non-hydrogen) atoms. The van der Waals surface area contributed by atoms with Crippen molar-refractivity contribution in [2.45, 2.75) is 95.4 Å². The average molecular weight is 480 g/mol. The Kier molecular flexibility index (Phi) is 7.72. The first kappa shape index (κ1) is 26.3. The second kappa shape index (κ2) is 9.97. The van der Waals surface area contributed by atoms with Crippen LogP contribution in [0.1, 0.15) is 78.1 Å². The lowest BCUT2D eigenvalue weighted by molar-refractivity contribution is -0.225. The second-order valence-electron chi connectivity index (χ2n) is 12.5. The molecule has 4 rings (SSSR count). The van der Waals surface area contributed by atoms with Crippen molar-refractivity contribution >= 4 is 6.21 Å². The minimum absolute atomic E-state index is 0.235. The summed E-state index contributed by atoms with van der Waals surface area (Å²) in [5.41, 5.74) is 3.31. The topological polar surface area (TPSA) is 101 Å². The first-order valence-electron chi connectivity index (χ1n) is 13.7. The van der Waals surface area contributed by atoms with Crippen molar-refractivity contribution in [2.75, 3.05) is 40.4 Å². The Morgan fingerprint density at radius 3 is 2.53 bits per heavy atom. The van der Waals surface area contributed by atoms with Crippen LogP contribution in [0.4, 0.5) is 0 Å². The van der Waals surface area contributed by atoms with Crippen LogP contribution < -0.4 is 5.73 Å². The predicted molar refractivity (Wildman–Crippen MR) is 135 cm³/mol. The molecule has 4 N–H and O–H groups in total. The van der Waals surface area contributed by atoms with Crippen LogP contribution in [0, 0.1) is 28.6 Å². The van der Waals surface area contributed by atoms with Crippen molar-refractivity contribution in [3.63, 3.8) is 0 Å². The van der Waals surface area contributed by atoms with E-state index in [2.05, 4.69) is 19.0 Å². The molecular formula is C27H49N3O4. The van der Waals surface area contributed by atoms with Gasteiger partial charge in [-0.2, -0.15) is 0 Å². The van der Waals surface area contributed by atoms with Gasteiger partial charge in [-0.25, -0.2) is 0 Å². The van der Waals surface area contributed by atoms with Crippen LogP contribution in [0.2, 0.25) is 0 Å². The van der Waals surface area contributed by atoms with Crippen LogP contribution in [-0.4, -0.2) is 79.0 Å². The van der Waals surface area contributed by atoms with Gasteiger partial charge in [-0.3, -0.25) is 0 Å². The van der Waals surface area contributed by atoms with Crippen molar-refractivity contribution in [3.05, 3.63) is 0 Å². The molecule has 0 aromatic rings. The first-order valence-corrected chi connectivity index (χ1v) is 13.7. The molecule has 4 fully saturated rings. The number of nitrogens with two attached hydrogens (primary N) is 1. The van der Waals surface area contributed by atoms with Crippen molar-refractivity contribution in [1.82, 2.24) is 4.90 Å². The number of aliphatic hydroxyl groups is 2. The number of oxime groups is 1. The highest BCUT2D eigenvalue weighted by atomic mass is 16.6. The van der Waals surface area contributed by atoms with Gasteiger partial charge in [0.25, 0.3) is 0 Å². The normalized spacial score (nSPS) is 46.4. The number of rotatable bonds is 9. The van der Waals surface area contributed by atoms with Gasteiger partial charge in [0, 0.05) is 18.6 Å². The highest BCUT2D eigenvalue weighted by Gasteiger charge is 2.71. The van der Waals surface area contributed by atoms with E-state index in [4.69, 9.17) is 15.3 Å². The Morgan fingerprint density at radius 1 is 1.00 bits per heavy atom. The van der Waals surface area contributed by atoms with Crippen LogP contribution >= 0.6 is 0 Å². The summed E-state index contributed by atoms with van der Waals surface area (Å²) >= 11 is 0. The molecule has 0 aromatic carbocycles. The fourth-order valence-electron chi connectivity index (χ4n) is 8.33. The van der Waals surface area contributed by atoms with E-state index < -0.39 is 16.6 Å². The predicted octanol–water partition coefficient (Wildman–Crippen LogP) is 3.17. The van der Waals surface area contributed by atoms with Gasteiger partial charge < -0.3 is 30.4 Å². The Morgan fingerprint density at radius 2 is 1.79 bits per heavy atom. The van der Waals surface area contributed by atoms with Crippen molar-refractivity contribution in [3.8, 4) is 0 Å². The smallest absolute Gasteiger partial charge is 0.129 e. The Labute approximate surface area is 206 Å². The van der Waals surface area contributed by atoms with Crippen molar-refractivity contribution in [1.29, 1.82) is 0 Å². The number of ether oxygens (including phenoxy) is 1. The third-order valence-electron chi connectivity index (χ3n) is 10.7. The zero-order valence-electron chi connectivity index (χ0n) is 22.0. The molecule has 8 atom stereocenters. The standard InChI is InChI=1S/C27H49N3O4/c1-24-10-8-21(33-16-5-14-28)18-20(24)6-7-23-22(24)9-11-25(2)26(31,12-13-27(23,25)32)19-29-34-17-15-30(3)4/h19-23,31-32H,5-18,28H2,1-4H3/b29-19+/t20-,21+,22+,23-,24+,25-,26+,27+/m1/s1. The molecule has 0 spiro atoms. The molecule has 7 heteroatoms. The van der Waals surface area contributed by atoms with E-state index in [1.165, 1.54) is 6.42 Å². The van der Waals surface area contributed by atoms with Gasteiger partial charge in [-0.1, -0.05) is 19.0 Å². The average Bonchev–Trinajstić information content (AvgIpc) is 3.00. The van der Waals surface area contributed by atoms with Gasteiger partial charge >= 0.3 is 0 Å². The molecule has 4 aliphatic carbocycles. The second-order valence-corrected chi connectivity index (χ2v) is 12.5. The van der Waals surface area contributed by atoms with E-state index >= 15 is 0 Å². The van der Waals surface area contributed by atoms with Gasteiger partial charge in [0.2, 0.25) is 0 Å². The zero-order valence-corrected chi connectivity index (χ0v) is 22.0.